The molecule has 1 aromatic carbocycles. The summed E-state index contributed by atoms with van der Waals surface area (Å²) in [5.41, 5.74) is 6.90. The van der Waals surface area contributed by atoms with Gasteiger partial charge in [-0.2, -0.15) is 0 Å². The number of nitrogens with one attached hydrogen (secondary N) is 1. The van der Waals surface area contributed by atoms with E-state index in [9.17, 15) is 9.18 Å². The molecular formula is C17H24ClFN2O. The molecule has 1 amide bonds. The molecule has 0 aliphatic heterocycles. The van der Waals surface area contributed by atoms with E-state index in [1.165, 1.54) is 6.07 Å². The van der Waals surface area contributed by atoms with Gasteiger partial charge in [0.25, 0.3) is 0 Å². The standard InChI is InChI=1S/C17H23FN2O.ClH/c18-14-5-2-4-13(10-14)17(7-8-17)11-20-16(21)12-3-1-6-15(19)9-12;/h2,4-5,10,12,15H,1,3,6-9,11,19H2,(H,20,21);1H. The molecule has 2 fully saturated rings. The van der Waals surface area contributed by atoms with Crippen molar-refractivity contribution in [3.63, 3.8) is 0 Å². The molecule has 1 aromatic rings. The maximum Gasteiger partial charge on any atom is 0.223 e. The van der Waals surface area contributed by atoms with Crippen molar-refractivity contribution in [1.29, 1.82) is 0 Å². The van der Waals surface area contributed by atoms with E-state index in [0.29, 0.717) is 6.54 Å². The maximum absolute atomic E-state index is 13.4. The van der Waals surface area contributed by atoms with Gasteiger partial charge in [-0.1, -0.05) is 18.6 Å². The van der Waals surface area contributed by atoms with Crippen molar-refractivity contribution in [1.82, 2.24) is 5.32 Å². The lowest BCUT2D eigenvalue weighted by Crippen LogP contribution is -2.40. The summed E-state index contributed by atoms with van der Waals surface area (Å²) < 4.78 is 13.4. The molecule has 0 spiro atoms. The van der Waals surface area contributed by atoms with Crippen LogP contribution in [-0.4, -0.2) is 18.5 Å². The lowest BCUT2D eigenvalue weighted by atomic mass is 9.85. The summed E-state index contributed by atoms with van der Waals surface area (Å²) in [6, 6.07) is 6.91. The summed E-state index contributed by atoms with van der Waals surface area (Å²) in [6.45, 7) is 0.612. The highest BCUT2D eigenvalue weighted by Crippen LogP contribution is 2.47. The quantitative estimate of drug-likeness (QED) is 0.894. The number of nitrogens with two attached hydrogens (primary N) is 1. The number of rotatable bonds is 4. The smallest absolute Gasteiger partial charge is 0.223 e. The normalized spacial score (nSPS) is 25.9. The summed E-state index contributed by atoms with van der Waals surface area (Å²) in [5.74, 6) is -0.0340. The first-order valence-corrected chi connectivity index (χ1v) is 7.88. The molecule has 0 aromatic heterocycles. The Balaban J connectivity index is 0.00000176. The van der Waals surface area contributed by atoms with Crippen molar-refractivity contribution < 1.29 is 9.18 Å². The van der Waals surface area contributed by atoms with E-state index in [1.54, 1.807) is 12.1 Å². The van der Waals surface area contributed by atoms with E-state index in [1.807, 2.05) is 6.07 Å². The number of carbonyl (C=O) groups excluding carboxylic acids is 1. The van der Waals surface area contributed by atoms with Gasteiger partial charge in [-0.05, 0) is 49.8 Å². The molecule has 2 atom stereocenters. The van der Waals surface area contributed by atoms with E-state index in [4.69, 9.17) is 5.73 Å². The van der Waals surface area contributed by atoms with Crippen LogP contribution < -0.4 is 11.1 Å². The highest BCUT2D eigenvalue weighted by atomic mass is 35.5. The molecule has 2 unspecified atom stereocenters. The first kappa shape index (κ1) is 17.2. The van der Waals surface area contributed by atoms with Crippen LogP contribution in [0.3, 0.4) is 0 Å². The second-order valence-electron chi connectivity index (χ2n) is 6.63. The van der Waals surface area contributed by atoms with Gasteiger partial charge in [-0.3, -0.25) is 4.79 Å². The third-order valence-electron chi connectivity index (χ3n) is 4.98. The van der Waals surface area contributed by atoms with E-state index in [2.05, 4.69) is 5.32 Å². The largest absolute Gasteiger partial charge is 0.355 e. The minimum Gasteiger partial charge on any atom is -0.355 e. The molecule has 5 heteroatoms. The third-order valence-corrected chi connectivity index (χ3v) is 4.98. The number of hydrogen-bond acceptors (Lipinski definition) is 2. The molecule has 0 bridgehead atoms. The van der Waals surface area contributed by atoms with Gasteiger partial charge >= 0.3 is 0 Å². The van der Waals surface area contributed by atoms with Gasteiger partial charge < -0.3 is 11.1 Å². The molecule has 22 heavy (non-hydrogen) atoms. The van der Waals surface area contributed by atoms with Gasteiger partial charge in [-0.15, -0.1) is 12.4 Å². The van der Waals surface area contributed by atoms with Crippen LogP contribution in [0.15, 0.2) is 24.3 Å². The molecule has 2 aliphatic rings. The van der Waals surface area contributed by atoms with Crippen LogP contribution >= 0.6 is 12.4 Å². The monoisotopic (exact) mass is 326 g/mol. The van der Waals surface area contributed by atoms with Crippen LogP contribution in [0.2, 0.25) is 0 Å². The molecule has 3 rings (SSSR count). The van der Waals surface area contributed by atoms with E-state index in [0.717, 1.165) is 44.1 Å². The number of amides is 1. The molecule has 3 nitrogen and oxygen atoms in total. The van der Waals surface area contributed by atoms with Crippen LogP contribution in [-0.2, 0) is 10.2 Å². The van der Waals surface area contributed by atoms with Gasteiger partial charge in [-0.25, -0.2) is 4.39 Å². The Hall–Kier alpha value is -1.13. The molecule has 0 radical (unpaired) electrons. The second kappa shape index (κ2) is 6.97. The van der Waals surface area contributed by atoms with Crippen molar-refractivity contribution in [3.05, 3.63) is 35.6 Å². The fraction of sp³-hybridized carbons (Fsp3) is 0.588. The minimum atomic E-state index is -0.205. The van der Waals surface area contributed by atoms with Crippen LogP contribution in [0.5, 0.6) is 0 Å². The van der Waals surface area contributed by atoms with Crippen molar-refractivity contribution in [3.8, 4) is 0 Å². The number of hydrogen-bond donors (Lipinski definition) is 2. The summed E-state index contributed by atoms with van der Waals surface area (Å²) >= 11 is 0. The summed E-state index contributed by atoms with van der Waals surface area (Å²) in [4.78, 5) is 12.3. The van der Waals surface area contributed by atoms with Crippen molar-refractivity contribution in [2.45, 2.75) is 50.0 Å². The zero-order chi connectivity index (χ0) is 14.9. The zero-order valence-corrected chi connectivity index (χ0v) is 13.5. The Labute approximate surface area is 137 Å². The Bertz CT molecular complexity index is 533. The number of halogens is 2. The van der Waals surface area contributed by atoms with Crippen LogP contribution in [0.25, 0.3) is 0 Å². The number of carbonyl (C=O) groups is 1. The van der Waals surface area contributed by atoms with Crippen molar-refractivity contribution in [2.24, 2.45) is 11.7 Å². The average Bonchev–Trinajstić information content (AvgIpc) is 3.26. The predicted molar refractivity (Wildman–Crippen MR) is 87.5 cm³/mol. The first-order chi connectivity index (χ1) is 10.1. The lowest BCUT2D eigenvalue weighted by Gasteiger charge is -2.26. The van der Waals surface area contributed by atoms with Crippen LogP contribution in [0.4, 0.5) is 4.39 Å². The maximum atomic E-state index is 13.4. The summed E-state index contributed by atoms with van der Waals surface area (Å²) in [6.07, 6.45) is 5.82. The van der Waals surface area contributed by atoms with Gasteiger partial charge in [0.15, 0.2) is 0 Å². The van der Waals surface area contributed by atoms with E-state index >= 15 is 0 Å². The Morgan fingerprint density at radius 2 is 2.14 bits per heavy atom. The van der Waals surface area contributed by atoms with E-state index in [-0.39, 0.29) is 41.5 Å². The summed E-state index contributed by atoms with van der Waals surface area (Å²) in [7, 11) is 0. The average molecular weight is 327 g/mol. The fourth-order valence-corrected chi connectivity index (χ4v) is 3.40. The SMILES string of the molecule is Cl.NC1CCCC(C(=O)NCC2(c3cccc(F)c3)CC2)C1. The molecule has 122 valence electrons. The van der Waals surface area contributed by atoms with E-state index < -0.39 is 0 Å². The molecule has 0 heterocycles. The lowest BCUT2D eigenvalue weighted by molar-refractivity contribution is -0.126. The van der Waals surface area contributed by atoms with Crippen LogP contribution in [0.1, 0.15) is 44.1 Å². The second-order valence-corrected chi connectivity index (χ2v) is 6.63. The van der Waals surface area contributed by atoms with Gasteiger partial charge in [0.05, 0.1) is 0 Å². The zero-order valence-electron chi connectivity index (χ0n) is 12.7. The van der Waals surface area contributed by atoms with Crippen molar-refractivity contribution in [2.75, 3.05) is 6.54 Å². The first-order valence-electron chi connectivity index (χ1n) is 7.88. The molecule has 0 saturated heterocycles. The number of benzene rings is 1. The van der Waals surface area contributed by atoms with Crippen molar-refractivity contribution >= 4 is 18.3 Å². The topological polar surface area (TPSA) is 55.1 Å². The molecule has 2 aliphatic carbocycles. The highest BCUT2D eigenvalue weighted by Gasteiger charge is 2.44. The highest BCUT2D eigenvalue weighted by molar-refractivity contribution is 5.85. The molecule has 2 saturated carbocycles. The van der Waals surface area contributed by atoms with Gasteiger partial charge in [0.2, 0.25) is 5.91 Å². The Kier molecular flexibility index (Phi) is 5.45. The fourth-order valence-electron chi connectivity index (χ4n) is 3.40. The van der Waals surface area contributed by atoms with Gasteiger partial charge in [0.1, 0.15) is 5.82 Å². The summed E-state index contributed by atoms with van der Waals surface area (Å²) in [5, 5.41) is 3.08. The molecular weight excluding hydrogens is 303 g/mol. The Morgan fingerprint density at radius 3 is 2.77 bits per heavy atom. The van der Waals surface area contributed by atoms with Crippen LogP contribution in [0, 0.1) is 11.7 Å². The Morgan fingerprint density at radius 1 is 1.36 bits per heavy atom. The molecule has 3 N–H and O–H groups in total. The third kappa shape index (κ3) is 3.79. The minimum absolute atomic E-state index is 0. The van der Waals surface area contributed by atoms with Gasteiger partial charge in [0, 0.05) is 23.9 Å². The predicted octanol–water partition coefficient (Wildman–Crippen LogP) is 2.91.